The smallest absolute Gasteiger partial charge is 0.326 e. The van der Waals surface area contributed by atoms with Crippen LogP contribution >= 0.6 is 12.6 Å². The molecule has 0 aromatic rings. The fraction of sp³-hybridized carbons (Fsp3) is 0.800. The molecule has 0 aromatic heterocycles. The van der Waals surface area contributed by atoms with Gasteiger partial charge in [-0.15, -0.1) is 0 Å². The highest BCUT2D eigenvalue weighted by atomic mass is 32.1. The fourth-order valence-corrected chi connectivity index (χ4v) is 1.92. The van der Waals surface area contributed by atoms with Crippen LogP contribution in [0.2, 0.25) is 0 Å². The number of rotatable bonds is 7. The van der Waals surface area contributed by atoms with Crippen molar-refractivity contribution in [2.45, 2.75) is 30.8 Å². The normalized spacial score (nSPS) is 21.9. The number of carbonyl (C=O) groups is 1. The van der Waals surface area contributed by atoms with E-state index in [0.717, 1.165) is 12.8 Å². The number of nitrogens with zero attached hydrogens (tertiary/aromatic N) is 1. The van der Waals surface area contributed by atoms with Crippen LogP contribution in [0.4, 0.5) is 0 Å². The van der Waals surface area contributed by atoms with Crippen molar-refractivity contribution < 1.29 is 9.90 Å². The summed E-state index contributed by atoms with van der Waals surface area (Å²) in [6.45, 7) is 0.295. The Labute approximate surface area is 101 Å². The van der Waals surface area contributed by atoms with Gasteiger partial charge in [0.1, 0.15) is 5.54 Å². The van der Waals surface area contributed by atoms with Crippen molar-refractivity contribution in [1.82, 2.24) is 0 Å². The van der Waals surface area contributed by atoms with E-state index in [4.69, 9.17) is 16.6 Å². The summed E-state index contributed by atoms with van der Waals surface area (Å²) in [6.07, 6.45) is 4.51. The van der Waals surface area contributed by atoms with E-state index in [1.807, 2.05) is 0 Å². The summed E-state index contributed by atoms with van der Waals surface area (Å²) in [4.78, 5) is 15.4. The second-order valence-corrected chi connectivity index (χ2v) is 4.58. The van der Waals surface area contributed by atoms with Crippen LogP contribution in [0.5, 0.6) is 0 Å². The number of hydrogen-bond donors (Lipinski definition) is 4. The van der Waals surface area contributed by atoms with Gasteiger partial charge in [0.25, 0.3) is 0 Å². The maximum Gasteiger partial charge on any atom is 0.326 e. The molecule has 16 heavy (non-hydrogen) atoms. The van der Waals surface area contributed by atoms with Crippen molar-refractivity contribution in [2.24, 2.45) is 22.4 Å². The Morgan fingerprint density at radius 2 is 2.31 bits per heavy atom. The van der Waals surface area contributed by atoms with E-state index in [1.54, 1.807) is 0 Å². The quantitative estimate of drug-likeness (QED) is 0.371. The van der Waals surface area contributed by atoms with Crippen molar-refractivity contribution in [2.75, 3.05) is 12.3 Å². The number of carboxylic acids is 1. The molecule has 0 unspecified atom stereocenters. The monoisotopic (exact) mass is 245 g/mol. The van der Waals surface area contributed by atoms with Gasteiger partial charge in [-0.05, 0) is 12.3 Å². The van der Waals surface area contributed by atoms with Gasteiger partial charge in [0.15, 0.2) is 0 Å². The van der Waals surface area contributed by atoms with Crippen LogP contribution in [0.1, 0.15) is 19.3 Å². The molecule has 92 valence electrons. The summed E-state index contributed by atoms with van der Waals surface area (Å²) >= 11 is 4.03. The van der Waals surface area contributed by atoms with E-state index in [-0.39, 0.29) is 5.75 Å². The molecule has 0 amide bonds. The molecule has 1 rings (SSSR count). The maximum atomic E-state index is 11.2. The van der Waals surface area contributed by atoms with Crippen LogP contribution in [0.25, 0.3) is 0 Å². The molecule has 0 heterocycles. The standard InChI is InChI=1S/C10H19N3O2S/c11-3-4-13-8(5-7-1-2-7)10(12,6-16)9(14)15/h4,7-8,16H,1-3,5-6,11-12H2,(H,14,15)/t8-,10+/m1/s1. The second-order valence-electron chi connectivity index (χ2n) is 4.27. The molecule has 1 aliphatic carbocycles. The van der Waals surface area contributed by atoms with E-state index in [0.29, 0.717) is 18.9 Å². The molecule has 0 bridgehead atoms. The molecule has 1 saturated carbocycles. The molecule has 5 N–H and O–H groups in total. The van der Waals surface area contributed by atoms with E-state index in [1.165, 1.54) is 6.21 Å². The lowest BCUT2D eigenvalue weighted by Gasteiger charge is -2.29. The Kier molecular flexibility index (Phi) is 4.76. The molecule has 0 aromatic carbocycles. The average Bonchev–Trinajstić information content (AvgIpc) is 3.06. The summed E-state index contributed by atoms with van der Waals surface area (Å²) in [6, 6.07) is -0.432. The zero-order valence-electron chi connectivity index (χ0n) is 9.17. The highest BCUT2D eigenvalue weighted by Crippen LogP contribution is 2.36. The molecular formula is C10H19N3O2S. The minimum atomic E-state index is -1.39. The third kappa shape index (κ3) is 3.20. The highest BCUT2D eigenvalue weighted by molar-refractivity contribution is 7.80. The van der Waals surface area contributed by atoms with Crippen molar-refractivity contribution in [3.8, 4) is 0 Å². The van der Waals surface area contributed by atoms with Crippen molar-refractivity contribution in [3.05, 3.63) is 0 Å². The van der Waals surface area contributed by atoms with Gasteiger partial charge in [-0.1, -0.05) is 12.8 Å². The molecular weight excluding hydrogens is 226 g/mol. The minimum absolute atomic E-state index is 0.0711. The van der Waals surface area contributed by atoms with Gasteiger partial charge in [0.2, 0.25) is 0 Å². The minimum Gasteiger partial charge on any atom is -0.480 e. The van der Waals surface area contributed by atoms with Crippen molar-refractivity contribution in [3.63, 3.8) is 0 Å². The third-order valence-corrected chi connectivity index (χ3v) is 3.42. The zero-order valence-corrected chi connectivity index (χ0v) is 10.1. The molecule has 0 aliphatic heterocycles. The largest absolute Gasteiger partial charge is 0.480 e. The van der Waals surface area contributed by atoms with Crippen LogP contribution in [-0.2, 0) is 4.79 Å². The molecule has 0 radical (unpaired) electrons. The van der Waals surface area contributed by atoms with E-state index >= 15 is 0 Å². The lowest BCUT2D eigenvalue weighted by molar-refractivity contribution is -0.143. The second kappa shape index (κ2) is 5.65. The number of hydrogen-bond acceptors (Lipinski definition) is 5. The zero-order chi connectivity index (χ0) is 12.2. The summed E-state index contributed by atoms with van der Waals surface area (Å²) in [7, 11) is 0. The SMILES string of the molecule is NCC=N[C@H](CC1CC1)[C@@](N)(CS)C(=O)O. The fourth-order valence-electron chi connectivity index (χ4n) is 1.58. The van der Waals surface area contributed by atoms with Crippen molar-refractivity contribution in [1.29, 1.82) is 0 Å². The van der Waals surface area contributed by atoms with Gasteiger partial charge >= 0.3 is 5.97 Å². The molecule has 1 aliphatic rings. The van der Waals surface area contributed by atoms with E-state index in [2.05, 4.69) is 17.6 Å². The third-order valence-electron chi connectivity index (χ3n) is 2.90. The number of carboxylic acid groups (broad SMARTS) is 1. The topological polar surface area (TPSA) is 102 Å². The van der Waals surface area contributed by atoms with E-state index < -0.39 is 17.6 Å². The first-order valence-electron chi connectivity index (χ1n) is 5.39. The van der Waals surface area contributed by atoms with Gasteiger partial charge < -0.3 is 16.6 Å². The van der Waals surface area contributed by atoms with Crippen LogP contribution < -0.4 is 11.5 Å². The Morgan fingerprint density at radius 1 is 1.69 bits per heavy atom. The number of aliphatic carboxylic acids is 1. The first-order valence-corrected chi connectivity index (χ1v) is 6.02. The lowest BCUT2D eigenvalue weighted by atomic mass is 9.89. The average molecular weight is 245 g/mol. The number of nitrogens with two attached hydrogens (primary N) is 2. The Hall–Kier alpha value is -0.590. The Morgan fingerprint density at radius 3 is 2.69 bits per heavy atom. The Balaban J connectivity index is 2.78. The van der Waals surface area contributed by atoms with Gasteiger partial charge in [0.05, 0.1) is 6.04 Å². The van der Waals surface area contributed by atoms with Gasteiger partial charge in [-0.3, -0.25) is 9.79 Å². The summed E-state index contributed by atoms with van der Waals surface area (Å²) in [5.41, 5.74) is 9.81. The van der Waals surface area contributed by atoms with E-state index in [9.17, 15) is 4.79 Å². The maximum absolute atomic E-state index is 11.2. The molecule has 6 heteroatoms. The lowest BCUT2D eigenvalue weighted by Crippen LogP contribution is -2.58. The van der Waals surface area contributed by atoms with Crippen LogP contribution in [0.3, 0.4) is 0 Å². The number of thiol groups is 1. The molecule has 5 nitrogen and oxygen atoms in total. The molecule has 1 fully saturated rings. The molecule has 0 spiro atoms. The summed E-state index contributed by atoms with van der Waals surface area (Å²) in [5.74, 6) is -0.425. The summed E-state index contributed by atoms with van der Waals surface area (Å²) < 4.78 is 0. The first-order chi connectivity index (χ1) is 7.54. The highest BCUT2D eigenvalue weighted by Gasteiger charge is 2.43. The van der Waals surface area contributed by atoms with Crippen LogP contribution in [0.15, 0.2) is 4.99 Å². The first kappa shape index (κ1) is 13.5. The summed E-state index contributed by atoms with van der Waals surface area (Å²) in [5, 5.41) is 9.16. The van der Waals surface area contributed by atoms with Gasteiger partial charge in [-0.25, -0.2) is 0 Å². The van der Waals surface area contributed by atoms with Gasteiger partial charge in [0, 0.05) is 18.5 Å². The predicted octanol–water partition coefficient (Wildman–Crippen LogP) is -0.104. The predicted molar refractivity (Wildman–Crippen MR) is 67.1 cm³/mol. The molecule has 0 saturated heterocycles. The van der Waals surface area contributed by atoms with Gasteiger partial charge in [-0.2, -0.15) is 12.6 Å². The van der Waals surface area contributed by atoms with Crippen LogP contribution in [0, 0.1) is 5.92 Å². The van der Waals surface area contributed by atoms with Crippen LogP contribution in [-0.4, -0.2) is 41.2 Å². The Bertz CT molecular complexity index is 281. The number of aliphatic imine (C=N–C) groups is 1. The molecule has 2 atom stereocenters. The van der Waals surface area contributed by atoms with Crippen molar-refractivity contribution >= 4 is 24.8 Å².